The van der Waals surface area contributed by atoms with E-state index >= 15 is 0 Å². The maximum Gasteiger partial charge on any atom is 0.311 e. The zero-order valence-corrected chi connectivity index (χ0v) is 7.18. The van der Waals surface area contributed by atoms with E-state index in [0.717, 1.165) is 0 Å². The highest BCUT2D eigenvalue weighted by molar-refractivity contribution is 5.75. The molecule has 0 aliphatic heterocycles. The van der Waals surface area contributed by atoms with Crippen LogP contribution in [0.5, 0.6) is 0 Å². The van der Waals surface area contributed by atoms with Gasteiger partial charge in [0, 0.05) is 12.4 Å². The highest BCUT2D eigenvalue weighted by Crippen LogP contribution is 2.17. The molecular formula is C9H12N2O2. The number of carbonyl (C=O) groups is 1. The van der Waals surface area contributed by atoms with Gasteiger partial charge < -0.3 is 10.8 Å². The van der Waals surface area contributed by atoms with Gasteiger partial charge in [-0.25, -0.2) is 0 Å². The molecule has 70 valence electrons. The van der Waals surface area contributed by atoms with Gasteiger partial charge in [0.15, 0.2) is 0 Å². The van der Waals surface area contributed by atoms with Crippen LogP contribution < -0.4 is 5.73 Å². The first kappa shape index (κ1) is 9.67. The maximum atomic E-state index is 10.8. The second kappa shape index (κ2) is 4.57. The zero-order chi connectivity index (χ0) is 9.68. The summed E-state index contributed by atoms with van der Waals surface area (Å²) in [7, 11) is 0. The minimum atomic E-state index is -0.849. The third-order valence-corrected chi connectivity index (χ3v) is 1.84. The summed E-state index contributed by atoms with van der Waals surface area (Å²) in [6.07, 6.45) is 3.63. The van der Waals surface area contributed by atoms with Crippen LogP contribution >= 0.6 is 0 Å². The SMILES string of the molecule is NCCC(C(=O)O)c1cccnc1. The first-order chi connectivity index (χ1) is 6.25. The van der Waals surface area contributed by atoms with Crippen molar-refractivity contribution in [2.45, 2.75) is 12.3 Å². The predicted molar refractivity (Wildman–Crippen MR) is 48.3 cm³/mol. The number of pyridine rings is 1. The van der Waals surface area contributed by atoms with E-state index in [-0.39, 0.29) is 0 Å². The molecule has 0 saturated heterocycles. The third-order valence-electron chi connectivity index (χ3n) is 1.84. The Kier molecular flexibility index (Phi) is 3.40. The lowest BCUT2D eigenvalue weighted by atomic mass is 9.98. The quantitative estimate of drug-likeness (QED) is 0.711. The number of nitrogens with two attached hydrogens (primary N) is 1. The van der Waals surface area contributed by atoms with Crippen LogP contribution in [-0.2, 0) is 4.79 Å². The number of aliphatic carboxylic acids is 1. The van der Waals surface area contributed by atoms with Crippen molar-refractivity contribution in [3.05, 3.63) is 30.1 Å². The summed E-state index contributed by atoms with van der Waals surface area (Å²) in [5, 5.41) is 8.87. The third kappa shape index (κ3) is 2.52. The molecule has 1 atom stereocenters. The van der Waals surface area contributed by atoms with Crippen molar-refractivity contribution >= 4 is 5.97 Å². The second-order valence-electron chi connectivity index (χ2n) is 2.75. The average molecular weight is 180 g/mol. The van der Waals surface area contributed by atoms with Gasteiger partial charge in [0.25, 0.3) is 0 Å². The molecule has 0 bridgehead atoms. The normalized spacial score (nSPS) is 12.4. The molecule has 1 heterocycles. The number of rotatable bonds is 4. The van der Waals surface area contributed by atoms with Gasteiger partial charge in [-0.3, -0.25) is 9.78 Å². The van der Waals surface area contributed by atoms with Crippen molar-refractivity contribution in [3.63, 3.8) is 0 Å². The minimum absolute atomic E-state index is 0.367. The van der Waals surface area contributed by atoms with E-state index < -0.39 is 11.9 Å². The number of aromatic nitrogens is 1. The average Bonchev–Trinajstić information content (AvgIpc) is 2.15. The Hall–Kier alpha value is -1.42. The summed E-state index contributed by atoms with van der Waals surface area (Å²) in [4.78, 5) is 14.7. The highest BCUT2D eigenvalue weighted by Gasteiger charge is 2.18. The topological polar surface area (TPSA) is 76.2 Å². The smallest absolute Gasteiger partial charge is 0.311 e. The van der Waals surface area contributed by atoms with Gasteiger partial charge in [-0.2, -0.15) is 0 Å². The van der Waals surface area contributed by atoms with Gasteiger partial charge >= 0.3 is 5.97 Å². The molecule has 0 radical (unpaired) electrons. The van der Waals surface area contributed by atoms with Gasteiger partial charge in [0.1, 0.15) is 0 Å². The number of hydrogen-bond acceptors (Lipinski definition) is 3. The highest BCUT2D eigenvalue weighted by atomic mass is 16.4. The second-order valence-corrected chi connectivity index (χ2v) is 2.75. The molecule has 1 rings (SSSR count). The molecule has 0 aromatic carbocycles. The zero-order valence-electron chi connectivity index (χ0n) is 7.18. The Morgan fingerprint density at radius 2 is 2.46 bits per heavy atom. The molecule has 1 aromatic heterocycles. The monoisotopic (exact) mass is 180 g/mol. The van der Waals surface area contributed by atoms with E-state index in [1.54, 1.807) is 24.5 Å². The molecule has 0 aliphatic rings. The summed E-state index contributed by atoms with van der Waals surface area (Å²) in [5.41, 5.74) is 6.03. The summed E-state index contributed by atoms with van der Waals surface area (Å²) < 4.78 is 0. The molecular weight excluding hydrogens is 168 g/mol. The Morgan fingerprint density at radius 3 is 2.92 bits per heavy atom. The van der Waals surface area contributed by atoms with E-state index in [0.29, 0.717) is 18.5 Å². The minimum Gasteiger partial charge on any atom is -0.481 e. The molecule has 1 aromatic rings. The van der Waals surface area contributed by atoms with Crippen molar-refractivity contribution in [2.75, 3.05) is 6.54 Å². The molecule has 1 unspecified atom stereocenters. The van der Waals surface area contributed by atoms with E-state index in [9.17, 15) is 4.79 Å². The Labute approximate surface area is 76.4 Å². The van der Waals surface area contributed by atoms with Crippen LogP contribution in [0.2, 0.25) is 0 Å². The van der Waals surface area contributed by atoms with Gasteiger partial charge in [-0.15, -0.1) is 0 Å². The molecule has 13 heavy (non-hydrogen) atoms. The van der Waals surface area contributed by atoms with Crippen LogP contribution in [0.15, 0.2) is 24.5 Å². The first-order valence-electron chi connectivity index (χ1n) is 4.08. The van der Waals surface area contributed by atoms with Crippen molar-refractivity contribution in [1.82, 2.24) is 4.98 Å². The van der Waals surface area contributed by atoms with Crippen molar-refractivity contribution in [1.29, 1.82) is 0 Å². The number of carboxylic acids is 1. The van der Waals surface area contributed by atoms with E-state index in [2.05, 4.69) is 4.98 Å². The van der Waals surface area contributed by atoms with Crippen LogP contribution in [0.4, 0.5) is 0 Å². The largest absolute Gasteiger partial charge is 0.481 e. The fourth-order valence-corrected chi connectivity index (χ4v) is 1.18. The van der Waals surface area contributed by atoms with Crippen molar-refractivity contribution < 1.29 is 9.90 Å². The van der Waals surface area contributed by atoms with Gasteiger partial charge in [-0.05, 0) is 24.6 Å². The van der Waals surface area contributed by atoms with Crippen molar-refractivity contribution in [2.24, 2.45) is 5.73 Å². The van der Waals surface area contributed by atoms with Crippen LogP contribution in [0.1, 0.15) is 17.9 Å². The van der Waals surface area contributed by atoms with Gasteiger partial charge in [0.2, 0.25) is 0 Å². The lowest BCUT2D eigenvalue weighted by Crippen LogP contribution is -2.16. The summed E-state index contributed by atoms with van der Waals surface area (Å²) >= 11 is 0. The summed E-state index contributed by atoms with van der Waals surface area (Å²) in [6, 6.07) is 3.48. The fourth-order valence-electron chi connectivity index (χ4n) is 1.18. The standard InChI is InChI=1S/C9H12N2O2/c10-4-3-8(9(12)13)7-2-1-5-11-6-7/h1-2,5-6,8H,3-4,10H2,(H,12,13). The van der Waals surface area contributed by atoms with Gasteiger partial charge in [-0.1, -0.05) is 6.07 Å². The predicted octanol–water partition coefficient (Wildman–Crippen LogP) is 0.599. The number of nitrogens with zero attached hydrogens (tertiary/aromatic N) is 1. The van der Waals surface area contributed by atoms with Crippen molar-refractivity contribution in [3.8, 4) is 0 Å². The van der Waals surface area contributed by atoms with Crippen LogP contribution in [0.3, 0.4) is 0 Å². The Balaban J connectivity index is 2.82. The molecule has 0 saturated carbocycles. The molecule has 0 spiro atoms. The van der Waals surface area contributed by atoms with Crippen LogP contribution in [-0.4, -0.2) is 22.6 Å². The Morgan fingerprint density at radius 1 is 1.69 bits per heavy atom. The lowest BCUT2D eigenvalue weighted by Gasteiger charge is -2.09. The molecule has 0 fully saturated rings. The first-order valence-corrected chi connectivity index (χ1v) is 4.08. The lowest BCUT2D eigenvalue weighted by molar-refractivity contribution is -0.138. The molecule has 0 aliphatic carbocycles. The molecule has 3 N–H and O–H groups in total. The summed E-state index contributed by atoms with van der Waals surface area (Å²) in [5.74, 6) is -1.38. The van der Waals surface area contributed by atoms with Gasteiger partial charge in [0.05, 0.1) is 5.92 Å². The maximum absolute atomic E-state index is 10.8. The molecule has 4 heteroatoms. The van der Waals surface area contributed by atoms with Crippen LogP contribution in [0, 0.1) is 0 Å². The number of carboxylic acid groups (broad SMARTS) is 1. The molecule has 0 amide bonds. The summed E-state index contributed by atoms with van der Waals surface area (Å²) in [6.45, 7) is 0.367. The van der Waals surface area contributed by atoms with E-state index in [1.807, 2.05) is 0 Å². The Bertz CT molecular complexity index is 274. The van der Waals surface area contributed by atoms with E-state index in [1.165, 1.54) is 0 Å². The van der Waals surface area contributed by atoms with Crippen LogP contribution in [0.25, 0.3) is 0 Å². The van der Waals surface area contributed by atoms with E-state index in [4.69, 9.17) is 10.8 Å². The number of hydrogen-bond donors (Lipinski definition) is 2. The molecule has 4 nitrogen and oxygen atoms in total. The fraction of sp³-hybridized carbons (Fsp3) is 0.333.